The lowest BCUT2D eigenvalue weighted by Crippen LogP contribution is -2.42. The molecule has 8 heteroatoms. The summed E-state index contributed by atoms with van der Waals surface area (Å²) in [5.41, 5.74) is 6.85. The summed E-state index contributed by atoms with van der Waals surface area (Å²) in [7, 11) is -3.19. The van der Waals surface area contributed by atoms with E-state index < -0.39 is 10.0 Å². The Kier molecular flexibility index (Phi) is 4.86. The molecule has 1 saturated heterocycles. The van der Waals surface area contributed by atoms with Crippen molar-refractivity contribution in [2.45, 2.75) is 51.1 Å². The molecule has 2 aliphatic heterocycles. The Labute approximate surface area is 177 Å². The number of anilines is 1. The summed E-state index contributed by atoms with van der Waals surface area (Å²) >= 11 is 0. The van der Waals surface area contributed by atoms with Gasteiger partial charge in [-0.05, 0) is 25.8 Å². The molecule has 0 aromatic carbocycles. The van der Waals surface area contributed by atoms with Gasteiger partial charge < -0.3 is 4.90 Å². The lowest BCUT2D eigenvalue weighted by atomic mass is 9.88. The molecule has 3 aliphatic rings. The molecule has 0 saturated carbocycles. The zero-order chi connectivity index (χ0) is 20.9. The Balaban J connectivity index is 1.50. The minimum atomic E-state index is -3.19. The highest BCUT2D eigenvalue weighted by molar-refractivity contribution is 7.88. The number of nitrogens with zero attached hydrogens (tertiary/aromatic N) is 5. The van der Waals surface area contributed by atoms with Crippen LogP contribution in [0.25, 0.3) is 6.08 Å². The molecule has 0 bridgehead atoms. The van der Waals surface area contributed by atoms with E-state index >= 15 is 0 Å². The van der Waals surface area contributed by atoms with Crippen LogP contribution in [0, 0.1) is 0 Å². The fraction of sp³-hybridized carbons (Fsp3) is 0.500. The minimum Gasteiger partial charge on any atom is -0.363 e. The van der Waals surface area contributed by atoms with Gasteiger partial charge in [0.1, 0.15) is 6.33 Å². The number of sulfonamides is 1. The van der Waals surface area contributed by atoms with Gasteiger partial charge in [-0.15, -0.1) is 0 Å². The summed E-state index contributed by atoms with van der Waals surface area (Å²) in [6.07, 6.45) is 12.8. The molecular formula is C22H27N5O2S. The van der Waals surface area contributed by atoms with Gasteiger partial charge in [0.25, 0.3) is 0 Å². The van der Waals surface area contributed by atoms with E-state index in [4.69, 9.17) is 0 Å². The number of aromatic nitrogens is 3. The summed E-state index contributed by atoms with van der Waals surface area (Å²) < 4.78 is 25.8. The second-order valence-corrected chi connectivity index (χ2v) is 10.6. The van der Waals surface area contributed by atoms with Crippen molar-refractivity contribution in [1.29, 1.82) is 0 Å². The standard InChI is InChI=1S/C22H27N5O2S/c1-15-11-20-18(13-27(15)21-8-9-23-19-7-3-6-17(19)21)22(25-14-24-20)16-5-4-10-26(12-16)30(2,28)29/h3,6,8-9,14-16H,4-5,7,10-13H2,1-2H3/t15-,16-/m1/s1. The number of hydrogen-bond donors (Lipinski definition) is 0. The van der Waals surface area contributed by atoms with Gasteiger partial charge >= 0.3 is 0 Å². The predicted octanol–water partition coefficient (Wildman–Crippen LogP) is 2.53. The molecule has 0 N–H and O–H groups in total. The van der Waals surface area contributed by atoms with E-state index in [0.717, 1.165) is 49.3 Å². The molecule has 2 atom stereocenters. The Bertz CT molecular complexity index is 1110. The average Bonchev–Trinajstić information content (AvgIpc) is 3.21. The average molecular weight is 426 g/mol. The number of piperidine rings is 1. The van der Waals surface area contributed by atoms with Crippen LogP contribution >= 0.6 is 0 Å². The van der Waals surface area contributed by atoms with E-state index in [-0.39, 0.29) is 5.92 Å². The molecule has 1 aliphatic carbocycles. The van der Waals surface area contributed by atoms with Gasteiger partial charge in [0.05, 0.1) is 23.3 Å². The van der Waals surface area contributed by atoms with Gasteiger partial charge in [-0.1, -0.05) is 12.2 Å². The topological polar surface area (TPSA) is 79.3 Å². The second kappa shape index (κ2) is 7.42. The van der Waals surface area contributed by atoms with E-state index in [1.165, 1.54) is 23.1 Å². The normalized spacial score (nSPS) is 24.0. The quantitative estimate of drug-likeness (QED) is 0.752. The van der Waals surface area contributed by atoms with Crippen LogP contribution < -0.4 is 4.90 Å². The SMILES string of the molecule is C[C@@H]1Cc2ncnc([C@@H]3CCCN(S(C)(=O)=O)C3)c2CN1c1ccnc2c1C=CC2. The fourth-order valence-corrected chi connectivity index (χ4v) is 5.97. The highest BCUT2D eigenvalue weighted by Crippen LogP contribution is 2.37. The zero-order valence-electron chi connectivity index (χ0n) is 17.5. The first-order chi connectivity index (χ1) is 14.4. The molecule has 2 aromatic rings. The van der Waals surface area contributed by atoms with Crippen molar-refractivity contribution in [1.82, 2.24) is 19.3 Å². The van der Waals surface area contributed by atoms with Crippen LogP contribution in [-0.4, -0.2) is 53.1 Å². The third-order valence-corrected chi connectivity index (χ3v) is 7.88. The first kappa shape index (κ1) is 19.6. The lowest BCUT2D eigenvalue weighted by molar-refractivity contribution is 0.312. The Morgan fingerprint density at radius 2 is 2.03 bits per heavy atom. The molecule has 1 fully saturated rings. The van der Waals surface area contributed by atoms with E-state index in [9.17, 15) is 8.42 Å². The second-order valence-electron chi connectivity index (χ2n) is 8.62. The molecule has 2 aromatic heterocycles. The van der Waals surface area contributed by atoms with Gasteiger partial charge in [-0.25, -0.2) is 22.7 Å². The smallest absolute Gasteiger partial charge is 0.211 e. The maximum atomic E-state index is 12.1. The molecule has 7 nitrogen and oxygen atoms in total. The first-order valence-corrected chi connectivity index (χ1v) is 12.5. The molecule has 30 heavy (non-hydrogen) atoms. The Hall–Kier alpha value is -2.32. The van der Waals surface area contributed by atoms with Crippen LogP contribution in [0.5, 0.6) is 0 Å². The van der Waals surface area contributed by atoms with Gasteiger partial charge in [-0.3, -0.25) is 4.98 Å². The largest absolute Gasteiger partial charge is 0.363 e. The van der Waals surface area contributed by atoms with E-state index in [2.05, 4.69) is 45.0 Å². The maximum absolute atomic E-state index is 12.1. The molecular weight excluding hydrogens is 398 g/mol. The molecule has 158 valence electrons. The Morgan fingerprint density at radius 3 is 2.87 bits per heavy atom. The molecule has 5 rings (SSSR count). The number of hydrogen-bond acceptors (Lipinski definition) is 6. The van der Waals surface area contributed by atoms with Crippen molar-refractivity contribution in [3.05, 3.63) is 52.9 Å². The van der Waals surface area contributed by atoms with Crippen molar-refractivity contribution in [3.8, 4) is 0 Å². The summed E-state index contributed by atoms with van der Waals surface area (Å²) in [6, 6.07) is 2.42. The molecule has 0 spiro atoms. The minimum absolute atomic E-state index is 0.114. The molecule has 0 unspecified atom stereocenters. The van der Waals surface area contributed by atoms with Gasteiger partial charge in [0, 0.05) is 67.4 Å². The highest BCUT2D eigenvalue weighted by atomic mass is 32.2. The van der Waals surface area contributed by atoms with Crippen molar-refractivity contribution < 1.29 is 8.42 Å². The monoisotopic (exact) mass is 425 g/mol. The van der Waals surface area contributed by atoms with Crippen LogP contribution in [0.1, 0.15) is 53.9 Å². The van der Waals surface area contributed by atoms with Crippen molar-refractivity contribution in [2.75, 3.05) is 24.2 Å². The van der Waals surface area contributed by atoms with Crippen LogP contribution in [-0.2, 0) is 29.4 Å². The number of allylic oxidation sites excluding steroid dienone is 1. The van der Waals surface area contributed by atoms with Crippen LogP contribution in [0.2, 0.25) is 0 Å². The van der Waals surface area contributed by atoms with Crippen LogP contribution in [0.3, 0.4) is 0 Å². The first-order valence-electron chi connectivity index (χ1n) is 10.6. The fourth-order valence-electron chi connectivity index (χ4n) is 5.06. The van der Waals surface area contributed by atoms with E-state index in [0.29, 0.717) is 19.1 Å². The molecule has 0 amide bonds. The summed E-state index contributed by atoms with van der Waals surface area (Å²) in [4.78, 5) is 16.2. The Morgan fingerprint density at radius 1 is 1.17 bits per heavy atom. The zero-order valence-corrected chi connectivity index (χ0v) is 18.3. The third kappa shape index (κ3) is 3.41. The summed E-state index contributed by atoms with van der Waals surface area (Å²) in [5, 5.41) is 0. The van der Waals surface area contributed by atoms with Crippen molar-refractivity contribution >= 4 is 21.8 Å². The lowest BCUT2D eigenvalue weighted by Gasteiger charge is -2.39. The van der Waals surface area contributed by atoms with Gasteiger partial charge in [-0.2, -0.15) is 0 Å². The number of fused-ring (bicyclic) bond motifs is 2. The maximum Gasteiger partial charge on any atom is 0.211 e. The third-order valence-electron chi connectivity index (χ3n) is 6.61. The number of rotatable bonds is 3. The van der Waals surface area contributed by atoms with Gasteiger partial charge in [0.2, 0.25) is 10.0 Å². The number of pyridine rings is 1. The van der Waals surface area contributed by atoms with Gasteiger partial charge in [0.15, 0.2) is 0 Å². The summed E-state index contributed by atoms with van der Waals surface area (Å²) in [5.74, 6) is 0.114. The van der Waals surface area contributed by atoms with Crippen LogP contribution in [0.15, 0.2) is 24.7 Å². The van der Waals surface area contributed by atoms with Crippen molar-refractivity contribution in [3.63, 3.8) is 0 Å². The van der Waals surface area contributed by atoms with Crippen molar-refractivity contribution in [2.24, 2.45) is 0 Å². The van der Waals surface area contributed by atoms with E-state index in [1.807, 2.05) is 6.20 Å². The molecule has 0 radical (unpaired) electrons. The van der Waals surface area contributed by atoms with Crippen LogP contribution in [0.4, 0.5) is 5.69 Å². The summed E-state index contributed by atoms with van der Waals surface area (Å²) in [6.45, 7) is 4.08. The van der Waals surface area contributed by atoms with E-state index in [1.54, 1.807) is 10.6 Å². The molecule has 4 heterocycles. The predicted molar refractivity (Wildman–Crippen MR) is 117 cm³/mol. The highest BCUT2D eigenvalue weighted by Gasteiger charge is 2.33.